The lowest BCUT2D eigenvalue weighted by molar-refractivity contribution is 0.575. The van der Waals surface area contributed by atoms with Gasteiger partial charge in [-0.1, -0.05) is 64.0 Å². The summed E-state index contributed by atoms with van der Waals surface area (Å²) in [6, 6.07) is 8.89. The van der Waals surface area contributed by atoms with Gasteiger partial charge in [-0.15, -0.1) is 0 Å². The van der Waals surface area contributed by atoms with Gasteiger partial charge >= 0.3 is 0 Å². The van der Waals surface area contributed by atoms with Gasteiger partial charge in [0.15, 0.2) is 0 Å². The maximum absolute atomic E-state index is 2.39. The highest BCUT2D eigenvalue weighted by Crippen LogP contribution is 2.13. The fourth-order valence-corrected chi connectivity index (χ4v) is 2.76. The van der Waals surface area contributed by atoms with E-state index in [0.717, 1.165) is 0 Å². The van der Waals surface area contributed by atoms with E-state index in [1.165, 1.54) is 66.9 Å². The molecule has 1 rings (SSSR count). The molecule has 0 fully saturated rings. The number of halogens is 1. The molecule has 0 radical (unpaired) electrons. The van der Waals surface area contributed by atoms with E-state index < -0.39 is 0 Å². The number of rotatable bonds is 9. The lowest BCUT2D eigenvalue weighted by Crippen LogP contribution is -1.87. The van der Waals surface area contributed by atoms with Crippen molar-refractivity contribution in [2.75, 3.05) is 0 Å². The number of hydrogen-bond donors (Lipinski definition) is 0. The zero-order valence-corrected chi connectivity index (χ0v) is 13.2. The molecule has 1 heteroatoms. The van der Waals surface area contributed by atoms with Gasteiger partial charge in [-0.2, -0.15) is 0 Å². The molecule has 0 heterocycles. The van der Waals surface area contributed by atoms with Crippen LogP contribution in [0.5, 0.6) is 0 Å². The molecule has 0 bridgehead atoms. The Morgan fingerprint density at radius 1 is 0.882 bits per heavy atom. The van der Waals surface area contributed by atoms with Crippen LogP contribution in [0.2, 0.25) is 0 Å². The average molecular weight is 344 g/mol. The van der Waals surface area contributed by atoms with Crippen molar-refractivity contribution in [3.63, 3.8) is 0 Å². The van der Waals surface area contributed by atoms with Crippen LogP contribution in [0.1, 0.15) is 63.9 Å². The van der Waals surface area contributed by atoms with E-state index in [4.69, 9.17) is 0 Å². The molecule has 0 spiro atoms. The first-order valence-electron chi connectivity index (χ1n) is 7.07. The Balaban J connectivity index is 1.97. The molecule has 0 saturated carbocycles. The molecule has 96 valence electrons. The summed E-state index contributed by atoms with van der Waals surface area (Å²) in [5.41, 5.74) is 1.50. The number of aryl methyl sites for hydroxylation is 1. The zero-order valence-electron chi connectivity index (χ0n) is 11.1. The van der Waals surface area contributed by atoms with Gasteiger partial charge in [0.1, 0.15) is 0 Å². The molecule has 0 nitrogen and oxygen atoms in total. The Hall–Kier alpha value is -0.0500. The number of benzene rings is 1. The molecule has 17 heavy (non-hydrogen) atoms. The van der Waals surface area contributed by atoms with Crippen molar-refractivity contribution in [2.45, 2.75) is 64.7 Å². The van der Waals surface area contributed by atoms with E-state index >= 15 is 0 Å². The topological polar surface area (TPSA) is 0 Å². The van der Waals surface area contributed by atoms with Crippen molar-refractivity contribution in [2.24, 2.45) is 0 Å². The molecule has 0 aliphatic heterocycles. The van der Waals surface area contributed by atoms with Gasteiger partial charge in [0, 0.05) is 3.57 Å². The predicted molar refractivity (Wildman–Crippen MR) is 85.5 cm³/mol. The van der Waals surface area contributed by atoms with Crippen LogP contribution in [0, 0.1) is 3.57 Å². The van der Waals surface area contributed by atoms with Crippen LogP contribution in [-0.4, -0.2) is 0 Å². The van der Waals surface area contributed by atoms with Crippen molar-refractivity contribution >= 4 is 22.6 Å². The minimum absolute atomic E-state index is 1.26. The first-order chi connectivity index (χ1) is 8.33. The molecule has 0 atom stereocenters. The monoisotopic (exact) mass is 344 g/mol. The lowest BCUT2D eigenvalue weighted by atomic mass is 10.0. The molecule has 0 aromatic heterocycles. The lowest BCUT2D eigenvalue weighted by Gasteiger charge is -2.03. The molecular weight excluding hydrogens is 319 g/mol. The van der Waals surface area contributed by atoms with Crippen molar-refractivity contribution in [3.8, 4) is 0 Å². The highest BCUT2D eigenvalue weighted by Gasteiger charge is 1.95. The Labute approximate surface area is 120 Å². The van der Waals surface area contributed by atoms with Crippen LogP contribution in [0.15, 0.2) is 24.3 Å². The second-order valence-electron chi connectivity index (χ2n) is 4.85. The SMILES string of the molecule is CCCCCCCCCCc1cccc(I)c1. The van der Waals surface area contributed by atoms with Crippen LogP contribution >= 0.6 is 22.6 Å². The number of hydrogen-bond acceptors (Lipinski definition) is 0. The van der Waals surface area contributed by atoms with E-state index in [1.807, 2.05) is 0 Å². The molecule has 1 aromatic rings. The highest BCUT2D eigenvalue weighted by atomic mass is 127. The van der Waals surface area contributed by atoms with Gasteiger partial charge in [-0.25, -0.2) is 0 Å². The maximum atomic E-state index is 2.39. The fourth-order valence-electron chi connectivity index (χ4n) is 2.16. The normalized spacial score (nSPS) is 10.7. The quantitative estimate of drug-likeness (QED) is 0.382. The van der Waals surface area contributed by atoms with Crippen LogP contribution < -0.4 is 0 Å². The zero-order chi connectivity index (χ0) is 12.3. The van der Waals surface area contributed by atoms with Gasteiger partial charge in [0.2, 0.25) is 0 Å². The third-order valence-corrected chi connectivity index (χ3v) is 3.88. The first-order valence-corrected chi connectivity index (χ1v) is 8.15. The highest BCUT2D eigenvalue weighted by molar-refractivity contribution is 14.1. The van der Waals surface area contributed by atoms with E-state index in [0.29, 0.717) is 0 Å². The fraction of sp³-hybridized carbons (Fsp3) is 0.625. The van der Waals surface area contributed by atoms with Gasteiger partial charge in [-0.05, 0) is 53.1 Å². The van der Waals surface area contributed by atoms with E-state index in [1.54, 1.807) is 0 Å². The van der Waals surface area contributed by atoms with Crippen molar-refractivity contribution in [1.29, 1.82) is 0 Å². The Morgan fingerprint density at radius 3 is 2.18 bits per heavy atom. The summed E-state index contributed by atoms with van der Waals surface area (Å²) in [5.74, 6) is 0. The van der Waals surface area contributed by atoms with Crippen molar-refractivity contribution < 1.29 is 0 Å². The minimum atomic E-state index is 1.26. The Morgan fingerprint density at radius 2 is 1.53 bits per heavy atom. The molecular formula is C16H25I. The predicted octanol–water partition coefficient (Wildman–Crippen LogP) is 5.97. The third kappa shape index (κ3) is 7.80. The Kier molecular flexibility index (Phi) is 8.76. The van der Waals surface area contributed by atoms with Crippen molar-refractivity contribution in [3.05, 3.63) is 33.4 Å². The van der Waals surface area contributed by atoms with E-state index in [-0.39, 0.29) is 0 Å². The molecule has 0 amide bonds. The van der Waals surface area contributed by atoms with Crippen LogP contribution in [0.4, 0.5) is 0 Å². The number of unbranched alkanes of at least 4 members (excludes halogenated alkanes) is 7. The largest absolute Gasteiger partial charge is 0.0654 e. The summed E-state index contributed by atoms with van der Waals surface area (Å²) in [7, 11) is 0. The van der Waals surface area contributed by atoms with E-state index in [2.05, 4.69) is 53.8 Å². The summed E-state index contributed by atoms with van der Waals surface area (Å²) in [6.07, 6.45) is 12.5. The standard InChI is InChI=1S/C16H25I/c1-2-3-4-5-6-7-8-9-11-15-12-10-13-16(17)14-15/h10,12-14H,2-9,11H2,1H3. The summed E-state index contributed by atoms with van der Waals surface area (Å²) in [5, 5.41) is 0. The second-order valence-corrected chi connectivity index (χ2v) is 6.10. The smallest absolute Gasteiger partial charge is 0.0133 e. The Bertz CT molecular complexity index is 293. The van der Waals surface area contributed by atoms with Gasteiger partial charge in [-0.3, -0.25) is 0 Å². The van der Waals surface area contributed by atoms with Gasteiger partial charge in [0.25, 0.3) is 0 Å². The molecule has 0 N–H and O–H groups in total. The van der Waals surface area contributed by atoms with Crippen LogP contribution in [-0.2, 0) is 6.42 Å². The minimum Gasteiger partial charge on any atom is -0.0654 e. The molecule has 0 aliphatic rings. The second kappa shape index (κ2) is 9.93. The third-order valence-electron chi connectivity index (χ3n) is 3.21. The van der Waals surface area contributed by atoms with E-state index in [9.17, 15) is 0 Å². The van der Waals surface area contributed by atoms with Crippen LogP contribution in [0.25, 0.3) is 0 Å². The summed E-state index contributed by atoms with van der Waals surface area (Å²) >= 11 is 2.39. The molecule has 0 aliphatic carbocycles. The summed E-state index contributed by atoms with van der Waals surface area (Å²) in [4.78, 5) is 0. The molecule has 0 unspecified atom stereocenters. The van der Waals surface area contributed by atoms with Gasteiger partial charge < -0.3 is 0 Å². The average Bonchev–Trinajstić information content (AvgIpc) is 2.33. The molecule has 0 saturated heterocycles. The summed E-state index contributed by atoms with van der Waals surface area (Å²) < 4.78 is 1.36. The maximum Gasteiger partial charge on any atom is 0.0133 e. The molecule has 1 aromatic carbocycles. The first kappa shape index (κ1) is 15.0. The van der Waals surface area contributed by atoms with Gasteiger partial charge in [0.05, 0.1) is 0 Å². The summed E-state index contributed by atoms with van der Waals surface area (Å²) in [6.45, 7) is 2.28. The van der Waals surface area contributed by atoms with Crippen molar-refractivity contribution in [1.82, 2.24) is 0 Å². The van der Waals surface area contributed by atoms with Crippen LogP contribution in [0.3, 0.4) is 0 Å².